The third-order valence-electron chi connectivity index (χ3n) is 4.48. The number of unbranched alkanes of at least 4 members (excludes halogenated alkanes) is 8. The van der Waals surface area contributed by atoms with Crippen LogP contribution in [-0.4, -0.2) is 43.0 Å². The standard InChI is InChI=1S/C19H39NO5S/c1-2-3-4-5-8-13-18(21)14-10-12-17-26(24,25)20-16-11-7-6-9-15-19(22)23/h18,20-21H,2-17H2,1H3,(H,22,23). The summed E-state index contributed by atoms with van der Waals surface area (Å²) >= 11 is 0. The predicted molar refractivity (Wildman–Crippen MR) is 106 cm³/mol. The zero-order valence-electron chi connectivity index (χ0n) is 16.4. The molecule has 0 amide bonds. The molecule has 0 aliphatic rings. The van der Waals surface area contributed by atoms with Crippen molar-refractivity contribution in [3.05, 3.63) is 0 Å². The van der Waals surface area contributed by atoms with Crippen molar-refractivity contribution in [3.63, 3.8) is 0 Å². The summed E-state index contributed by atoms with van der Waals surface area (Å²) in [6.07, 6.45) is 11.6. The van der Waals surface area contributed by atoms with Gasteiger partial charge in [0.25, 0.3) is 0 Å². The molecule has 6 nitrogen and oxygen atoms in total. The second-order valence-corrected chi connectivity index (χ2v) is 9.05. The Morgan fingerprint density at radius 3 is 2.12 bits per heavy atom. The van der Waals surface area contributed by atoms with Gasteiger partial charge >= 0.3 is 5.97 Å². The lowest BCUT2D eigenvalue weighted by Gasteiger charge is -2.11. The van der Waals surface area contributed by atoms with E-state index in [0.717, 1.165) is 38.5 Å². The Morgan fingerprint density at radius 1 is 0.885 bits per heavy atom. The van der Waals surface area contributed by atoms with Crippen molar-refractivity contribution in [2.24, 2.45) is 0 Å². The summed E-state index contributed by atoms with van der Waals surface area (Å²) in [5.74, 6) is -0.679. The van der Waals surface area contributed by atoms with Crippen LogP contribution in [0.5, 0.6) is 0 Å². The van der Waals surface area contributed by atoms with Crippen LogP contribution in [-0.2, 0) is 14.8 Å². The van der Waals surface area contributed by atoms with Crippen LogP contribution in [0.3, 0.4) is 0 Å². The molecule has 0 saturated carbocycles. The molecule has 0 spiro atoms. The van der Waals surface area contributed by atoms with E-state index in [1.165, 1.54) is 25.7 Å². The van der Waals surface area contributed by atoms with Gasteiger partial charge in [-0.25, -0.2) is 13.1 Å². The van der Waals surface area contributed by atoms with Gasteiger partial charge in [-0.05, 0) is 38.5 Å². The fourth-order valence-electron chi connectivity index (χ4n) is 2.85. The molecular weight excluding hydrogens is 354 g/mol. The van der Waals surface area contributed by atoms with E-state index in [4.69, 9.17) is 5.11 Å². The first-order valence-corrected chi connectivity index (χ1v) is 11.9. The molecule has 0 rings (SSSR count). The normalized spacial score (nSPS) is 13.0. The van der Waals surface area contributed by atoms with Gasteiger partial charge in [0, 0.05) is 13.0 Å². The van der Waals surface area contributed by atoms with Crippen molar-refractivity contribution in [1.29, 1.82) is 0 Å². The second kappa shape index (κ2) is 16.5. The van der Waals surface area contributed by atoms with Gasteiger partial charge in [0.15, 0.2) is 0 Å². The SMILES string of the molecule is CCCCCCCC(O)CCCCS(=O)(=O)NCCCCCCC(=O)O. The Morgan fingerprint density at radius 2 is 1.46 bits per heavy atom. The molecule has 0 heterocycles. The Hall–Kier alpha value is -0.660. The highest BCUT2D eigenvalue weighted by Gasteiger charge is 2.10. The van der Waals surface area contributed by atoms with Crippen molar-refractivity contribution < 1.29 is 23.4 Å². The fraction of sp³-hybridized carbons (Fsp3) is 0.947. The minimum atomic E-state index is -3.24. The minimum absolute atomic E-state index is 0.106. The molecule has 26 heavy (non-hydrogen) atoms. The number of aliphatic hydroxyl groups is 1. The van der Waals surface area contributed by atoms with Crippen LogP contribution in [0.2, 0.25) is 0 Å². The van der Waals surface area contributed by atoms with Gasteiger partial charge in [0.1, 0.15) is 0 Å². The van der Waals surface area contributed by atoms with Crippen molar-refractivity contribution in [3.8, 4) is 0 Å². The van der Waals surface area contributed by atoms with E-state index in [1.54, 1.807) is 0 Å². The van der Waals surface area contributed by atoms with Crippen LogP contribution in [0.1, 0.15) is 96.8 Å². The largest absolute Gasteiger partial charge is 0.481 e. The maximum Gasteiger partial charge on any atom is 0.303 e. The molecule has 0 aromatic heterocycles. The highest BCUT2D eigenvalue weighted by Crippen LogP contribution is 2.12. The third kappa shape index (κ3) is 18.1. The van der Waals surface area contributed by atoms with E-state index < -0.39 is 16.0 Å². The van der Waals surface area contributed by atoms with E-state index >= 15 is 0 Å². The van der Waals surface area contributed by atoms with Crippen molar-refractivity contribution in [1.82, 2.24) is 4.72 Å². The molecule has 7 heteroatoms. The van der Waals surface area contributed by atoms with E-state index in [9.17, 15) is 18.3 Å². The highest BCUT2D eigenvalue weighted by molar-refractivity contribution is 7.89. The highest BCUT2D eigenvalue weighted by atomic mass is 32.2. The van der Waals surface area contributed by atoms with Gasteiger partial charge in [-0.1, -0.05) is 51.9 Å². The van der Waals surface area contributed by atoms with Crippen LogP contribution in [0, 0.1) is 0 Å². The lowest BCUT2D eigenvalue weighted by Crippen LogP contribution is -2.27. The predicted octanol–water partition coefficient (Wildman–Crippen LogP) is 3.83. The first-order valence-electron chi connectivity index (χ1n) is 10.2. The zero-order chi connectivity index (χ0) is 19.7. The van der Waals surface area contributed by atoms with Crippen molar-refractivity contribution >= 4 is 16.0 Å². The molecule has 0 aromatic carbocycles. The molecule has 3 N–H and O–H groups in total. The van der Waals surface area contributed by atoms with Gasteiger partial charge < -0.3 is 10.2 Å². The molecule has 0 aliphatic carbocycles. The number of rotatable bonds is 19. The maximum absolute atomic E-state index is 11.9. The number of carboxylic acid groups (broad SMARTS) is 1. The molecule has 0 aliphatic heterocycles. The monoisotopic (exact) mass is 393 g/mol. The lowest BCUT2D eigenvalue weighted by molar-refractivity contribution is -0.137. The average molecular weight is 394 g/mol. The smallest absolute Gasteiger partial charge is 0.303 e. The molecule has 0 fully saturated rings. The Labute approximate surface area is 159 Å². The van der Waals surface area contributed by atoms with Gasteiger partial charge in [-0.15, -0.1) is 0 Å². The third-order valence-corrected chi connectivity index (χ3v) is 5.95. The van der Waals surface area contributed by atoms with Crippen molar-refractivity contribution in [2.75, 3.05) is 12.3 Å². The lowest BCUT2D eigenvalue weighted by atomic mass is 10.0. The van der Waals surface area contributed by atoms with Crippen LogP contribution >= 0.6 is 0 Å². The number of aliphatic carboxylic acids is 1. The summed E-state index contributed by atoms with van der Waals surface area (Å²) in [5, 5.41) is 18.4. The fourth-order valence-corrected chi connectivity index (χ4v) is 4.04. The summed E-state index contributed by atoms with van der Waals surface area (Å²) in [4.78, 5) is 10.4. The molecule has 0 radical (unpaired) electrons. The molecule has 0 saturated heterocycles. The summed E-state index contributed by atoms with van der Waals surface area (Å²) in [5.41, 5.74) is 0. The quantitative estimate of drug-likeness (QED) is 0.289. The van der Waals surface area contributed by atoms with Gasteiger partial charge in [-0.3, -0.25) is 4.79 Å². The Balaban J connectivity index is 3.55. The van der Waals surface area contributed by atoms with Gasteiger partial charge in [-0.2, -0.15) is 0 Å². The molecule has 156 valence electrons. The first kappa shape index (κ1) is 25.3. The van der Waals surface area contributed by atoms with Crippen LogP contribution in [0.25, 0.3) is 0 Å². The van der Waals surface area contributed by atoms with E-state index in [1.807, 2.05) is 0 Å². The van der Waals surface area contributed by atoms with E-state index in [2.05, 4.69) is 11.6 Å². The Kier molecular flexibility index (Phi) is 16.1. The van der Waals surface area contributed by atoms with Crippen molar-refractivity contribution in [2.45, 2.75) is 103 Å². The zero-order valence-corrected chi connectivity index (χ0v) is 17.2. The minimum Gasteiger partial charge on any atom is -0.481 e. The molecule has 0 bridgehead atoms. The van der Waals surface area contributed by atoms with Crippen LogP contribution in [0.15, 0.2) is 0 Å². The number of carbonyl (C=O) groups is 1. The number of aliphatic hydroxyl groups excluding tert-OH is 1. The number of carboxylic acids is 1. The maximum atomic E-state index is 11.9. The number of nitrogens with one attached hydrogen (secondary N) is 1. The van der Waals surface area contributed by atoms with Crippen LogP contribution in [0.4, 0.5) is 0 Å². The topological polar surface area (TPSA) is 104 Å². The van der Waals surface area contributed by atoms with Gasteiger partial charge in [0.05, 0.1) is 11.9 Å². The van der Waals surface area contributed by atoms with E-state index in [0.29, 0.717) is 25.8 Å². The molecular formula is C19H39NO5S. The Bertz CT molecular complexity index is 439. The van der Waals surface area contributed by atoms with Crippen LogP contribution < -0.4 is 4.72 Å². The number of sulfonamides is 1. The summed E-state index contributed by atoms with van der Waals surface area (Å²) in [6.45, 7) is 2.59. The number of hydrogen-bond acceptors (Lipinski definition) is 4. The molecule has 1 atom stereocenters. The average Bonchev–Trinajstić information content (AvgIpc) is 2.57. The van der Waals surface area contributed by atoms with E-state index in [-0.39, 0.29) is 18.3 Å². The molecule has 1 unspecified atom stereocenters. The first-order chi connectivity index (χ1) is 12.4. The number of hydrogen-bond donors (Lipinski definition) is 3. The summed E-state index contributed by atoms with van der Waals surface area (Å²) in [7, 11) is -3.24. The summed E-state index contributed by atoms with van der Waals surface area (Å²) in [6, 6.07) is 0. The summed E-state index contributed by atoms with van der Waals surface area (Å²) < 4.78 is 26.3. The second-order valence-electron chi connectivity index (χ2n) is 7.12. The van der Waals surface area contributed by atoms with Gasteiger partial charge in [0.2, 0.25) is 10.0 Å². The molecule has 0 aromatic rings.